The van der Waals surface area contributed by atoms with Crippen LogP contribution in [0.15, 0.2) is 35.7 Å². The van der Waals surface area contributed by atoms with Gasteiger partial charge in [-0.25, -0.2) is 0 Å². The molecule has 0 N–H and O–H groups in total. The van der Waals surface area contributed by atoms with Crippen LogP contribution in [0.5, 0.6) is 0 Å². The second kappa shape index (κ2) is 15.2. The summed E-state index contributed by atoms with van der Waals surface area (Å²) in [5.74, 6) is 0. The van der Waals surface area contributed by atoms with E-state index >= 15 is 0 Å². The van der Waals surface area contributed by atoms with Crippen LogP contribution in [0, 0.1) is 20.2 Å². The molecular formula is C18H27N2O5. The highest BCUT2D eigenvalue weighted by molar-refractivity contribution is 5.50. The van der Waals surface area contributed by atoms with Crippen molar-refractivity contribution >= 4 is 6.29 Å². The highest BCUT2D eigenvalue weighted by Gasteiger charge is 2.11. The number of carbonyl (C=O) groups excluding carboxylic acids is 1. The Morgan fingerprint density at radius 3 is 2.24 bits per heavy atom. The van der Waals surface area contributed by atoms with Gasteiger partial charge in [0.2, 0.25) is 11.4 Å². The van der Waals surface area contributed by atoms with Gasteiger partial charge in [0.1, 0.15) is 0 Å². The van der Waals surface area contributed by atoms with E-state index in [1.807, 2.05) is 6.08 Å². The third-order valence-electron chi connectivity index (χ3n) is 3.61. The summed E-state index contributed by atoms with van der Waals surface area (Å²) in [5, 5.41) is 22.0. The van der Waals surface area contributed by atoms with Gasteiger partial charge in [-0.1, -0.05) is 31.9 Å². The normalized spacial score (nSPS) is 12.5. The van der Waals surface area contributed by atoms with Crippen LogP contribution in [-0.4, -0.2) is 16.1 Å². The van der Waals surface area contributed by atoms with E-state index in [1.165, 1.54) is 12.2 Å². The van der Waals surface area contributed by atoms with Crippen molar-refractivity contribution in [3.8, 4) is 0 Å². The van der Waals surface area contributed by atoms with Gasteiger partial charge < -0.3 is 0 Å². The summed E-state index contributed by atoms with van der Waals surface area (Å²) in [5.41, 5.74) is 0.0706. The predicted octanol–water partition coefficient (Wildman–Crippen LogP) is 4.89. The van der Waals surface area contributed by atoms with Crippen molar-refractivity contribution in [1.82, 2.24) is 0 Å². The fourth-order valence-corrected chi connectivity index (χ4v) is 2.17. The molecule has 1 radical (unpaired) electrons. The number of hydrogen-bond acceptors (Lipinski definition) is 5. The first-order valence-corrected chi connectivity index (χ1v) is 8.69. The molecule has 0 aliphatic carbocycles. The first-order valence-electron chi connectivity index (χ1n) is 8.69. The molecule has 0 aliphatic heterocycles. The van der Waals surface area contributed by atoms with Crippen LogP contribution in [0.4, 0.5) is 0 Å². The van der Waals surface area contributed by atoms with Crippen LogP contribution in [0.1, 0.15) is 71.1 Å². The van der Waals surface area contributed by atoms with Crippen LogP contribution < -0.4 is 0 Å². The highest BCUT2D eigenvalue weighted by Crippen LogP contribution is 2.12. The van der Waals surface area contributed by atoms with Gasteiger partial charge in [-0.3, -0.25) is 25.0 Å². The lowest BCUT2D eigenvalue weighted by Gasteiger charge is -1.98. The molecule has 0 fully saturated rings. The Morgan fingerprint density at radius 1 is 0.960 bits per heavy atom. The Labute approximate surface area is 148 Å². The Hall–Kier alpha value is -2.31. The average molecular weight is 351 g/mol. The molecule has 0 amide bonds. The zero-order valence-electron chi connectivity index (χ0n) is 14.8. The quantitative estimate of drug-likeness (QED) is 0.181. The number of unbranched alkanes of at least 4 members (excludes halogenated alkanes) is 5. The molecule has 7 nitrogen and oxygen atoms in total. The molecule has 139 valence electrons. The fraction of sp³-hybridized carbons (Fsp3) is 0.611. The summed E-state index contributed by atoms with van der Waals surface area (Å²) in [6, 6.07) is 0. The van der Waals surface area contributed by atoms with Crippen LogP contribution >= 0.6 is 0 Å². The summed E-state index contributed by atoms with van der Waals surface area (Å²) in [6.07, 6.45) is 14.5. The van der Waals surface area contributed by atoms with Gasteiger partial charge in [0.05, 0.1) is 16.3 Å². The third kappa shape index (κ3) is 12.7. The Kier molecular flexibility index (Phi) is 13.8. The topological polar surface area (TPSA) is 103 Å². The molecule has 0 aromatic rings. The minimum Gasteiger partial charge on any atom is -0.291 e. The maximum atomic E-state index is 11.0. The van der Waals surface area contributed by atoms with E-state index in [9.17, 15) is 25.0 Å². The van der Waals surface area contributed by atoms with E-state index in [2.05, 4.69) is 6.92 Å². The molecule has 0 saturated heterocycles. The lowest BCUT2D eigenvalue weighted by molar-refractivity contribution is -0.428. The molecule has 0 spiro atoms. The molecule has 0 saturated carbocycles. The monoisotopic (exact) mass is 351 g/mol. The largest absolute Gasteiger partial charge is 0.291 e. The van der Waals surface area contributed by atoms with Crippen LogP contribution in [0.25, 0.3) is 0 Å². The van der Waals surface area contributed by atoms with E-state index < -0.39 is 9.85 Å². The summed E-state index contributed by atoms with van der Waals surface area (Å²) < 4.78 is 0. The second-order valence-corrected chi connectivity index (χ2v) is 5.66. The molecule has 0 unspecified atom stereocenters. The minimum absolute atomic E-state index is 0.0277. The predicted molar refractivity (Wildman–Crippen MR) is 96.8 cm³/mol. The number of nitro groups is 2. The van der Waals surface area contributed by atoms with Crippen LogP contribution in [0.2, 0.25) is 0 Å². The Balaban J connectivity index is 4.56. The standard InChI is InChI=1S/C18H27N2O5/c1-2-3-4-5-6-8-12-17(19(22)23)14-11-15-18(20(24)25)13-9-7-10-16-21/h6,8,14-15H,2-5,7,9-13H2,1H3/b8-6-,17-14+,18-15+. The lowest BCUT2D eigenvalue weighted by atomic mass is 10.1. The molecule has 25 heavy (non-hydrogen) atoms. The van der Waals surface area contributed by atoms with Gasteiger partial charge in [0.15, 0.2) is 6.29 Å². The van der Waals surface area contributed by atoms with Gasteiger partial charge in [-0.05, 0) is 44.3 Å². The van der Waals surface area contributed by atoms with Gasteiger partial charge in [0, 0.05) is 12.8 Å². The van der Waals surface area contributed by atoms with E-state index in [0.29, 0.717) is 12.8 Å². The van der Waals surface area contributed by atoms with E-state index in [-0.39, 0.29) is 37.1 Å². The summed E-state index contributed by atoms with van der Waals surface area (Å²) in [6.45, 7) is 2.12. The van der Waals surface area contributed by atoms with Crippen molar-refractivity contribution in [2.24, 2.45) is 0 Å². The molecule has 0 bridgehead atoms. The molecule has 7 heteroatoms. The molecule has 0 aliphatic rings. The van der Waals surface area contributed by atoms with Crippen molar-refractivity contribution in [2.45, 2.75) is 71.1 Å². The molecule has 0 rings (SSSR count). The SMILES string of the molecule is CCCCC/C=C\C/C(=C\C/C=C(\CCCC[C]=O)[N+](=O)[O-])[N+](=O)[O-]. The van der Waals surface area contributed by atoms with Crippen LogP contribution in [-0.2, 0) is 4.79 Å². The van der Waals surface area contributed by atoms with E-state index in [1.54, 1.807) is 12.4 Å². The summed E-state index contributed by atoms with van der Waals surface area (Å²) >= 11 is 0. The van der Waals surface area contributed by atoms with E-state index in [4.69, 9.17) is 0 Å². The van der Waals surface area contributed by atoms with Gasteiger partial charge in [-0.15, -0.1) is 0 Å². The smallest absolute Gasteiger partial charge is 0.246 e. The highest BCUT2D eigenvalue weighted by atomic mass is 16.6. The van der Waals surface area contributed by atoms with E-state index in [0.717, 1.165) is 25.7 Å². The average Bonchev–Trinajstić information content (AvgIpc) is 2.57. The fourth-order valence-electron chi connectivity index (χ4n) is 2.17. The summed E-state index contributed by atoms with van der Waals surface area (Å²) in [7, 11) is 0. The van der Waals surface area contributed by atoms with Gasteiger partial charge >= 0.3 is 0 Å². The number of nitrogens with zero attached hydrogens (tertiary/aromatic N) is 2. The van der Waals surface area contributed by atoms with Gasteiger partial charge in [-0.2, -0.15) is 0 Å². The zero-order valence-corrected chi connectivity index (χ0v) is 14.8. The maximum absolute atomic E-state index is 11.0. The first-order chi connectivity index (χ1) is 12.0. The Bertz CT molecular complexity index is 510. The number of hydrogen-bond donors (Lipinski definition) is 0. The Morgan fingerprint density at radius 2 is 1.64 bits per heavy atom. The lowest BCUT2D eigenvalue weighted by Crippen LogP contribution is -2.00. The molecule has 0 heterocycles. The van der Waals surface area contributed by atoms with Crippen molar-refractivity contribution in [3.63, 3.8) is 0 Å². The van der Waals surface area contributed by atoms with Gasteiger partial charge in [0.25, 0.3) is 0 Å². The zero-order chi connectivity index (χ0) is 18.9. The summed E-state index contributed by atoms with van der Waals surface area (Å²) in [4.78, 5) is 31.2. The molecular weight excluding hydrogens is 324 g/mol. The third-order valence-corrected chi connectivity index (χ3v) is 3.61. The maximum Gasteiger partial charge on any atom is 0.246 e. The van der Waals surface area contributed by atoms with Crippen molar-refractivity contribution < 1.29 is 14.6 Å². The van der Waals surface area contributed by atoms with Crippen molar-refractivity contribution in [1.29, 1.82) is 0 Å². The van der Waals surface area contributed by atoms with Crippen LogP contribution in [0.3, 0.4) is 0 Å². The van der Waals surface area contributed by atoms with Crippen molar-refractivity contribution in [2.75, 3.05) is 0 Å². The second-order valence-electron chi connectivity index (χ2n) is 5.66. The minimum atomic E-state index is -0.474. The number of allylic oxidation sites excluding steroid dienone is 5. The first kappa shape index (κ1) is 22.7. The number of rotatable bonds is 15. The molecule has 0 atom stereocenters. The molecule has 0 aromatic carbocycles. The molecule has 0 aromatic heterocycles. The van der Waals surface area contributed by atoms with Crippen molar-refractivity contribution in [3.05, 3.63) is 55.9 Å².